The number of carbonyl (C=O) groups excluding carboxylic acids is 2. The van der Waals surface area contributed by atoms with Crippen molar-refractivity contribution in [3.05, 3.63) is 40.2 Å². The van der Waals surface area contributed by atoms with Gasteiger partial charge in [0.05, 0.1) is 21.3 Å². The van der Waals surface area contributed by atoms with Crippen molar-refractivity contribution in [2.24, 2.45) is 10.8 Å². The molecule has 0 unspecified atom stereocenters. The molecule has 0 bridgehead atoms. The summed E-state index contributed by atoms with van der Waals surface area (Å²) in [7, 11) is 4.70. The van der Waals surface area contributed by atoms with Crippen LogP contribution in [0.25, 0.3) is 0 Å². The Morgan fingerprint density at radius 1 is 0.750 bits per heavy atom. The number of ether oxygens (including phenoxy) is 3. The van der Waals surface area contributed by atoms with E-state index in [0.717, 1.165) is 29.8 Å². The quantitative estimate of drug-likeness (QED) is 0.734. The average molecular weight is 440 g/mol. The number of hydrogen-bond donors (Lipinski definition) is 1. The van der Waals surface area contributed by atoms with E-state index in [-0.39, 0.29) is 22.4 Å². The molecule has 6 nitrogen and oxygen atoms in total. The maximum atomic E-state index is 13.4. The van der Waals surface area contributed by atoms with Crippen LogP contribution in [0.5, 0.6) is 17.2 Å². The van der Waals surface area contributed by atoms with Crippen molar-refractivity contribution in [1.29, 1.82) is 0 Å². The van der Waals surface area contributed by atoms with E-state index in [1.807, 2.05) is 12.1 Å². The Morgan fingerprint density at radius 2 is 1.19 bits per heavy atom. The zero-order valence-electron chi connectivity index (χ0n) is 20.1. The standard InChI is InChI=1S/C26H33NO5/c1-25(2)10-15-22(17(28)12-25)21(23-16(27-15)11-26(3,4)13-18(23)29)14-8-19(30-5)24(32-7)20(9-14)31-6/h8-9,21,27H,10-13H2,1-7H3. The first-order valence-electron chi connectivity index (χ1n) is 11.1. The molecule has 1 aromatic carbocycles. The van der Waals surface area contributed by atoms with E-state index in [1.165, 1.54) is 0 Å². The van der Waals surface area contributed by atoms with Gasteiger partial charge in [0.1, 0.15) is 0 Å². The van der Waals surface area contributed by atoms with Crippen LogP contribution in [0, 0.1) is 10.8 Å². The second-order valence-electron chi connectivity index (χ2n) is 10.7. The molecular formula is C26H33NO5. The molecule has 0 atom stereocenters. The molecule has 0 saturated heterocycles. The van der Waals surface area contributed by atoms with E-state index < -0.39 is 5.92 Å². The van der Waals surface area contributed by atoms with Gasteiger partial charge in [0, 0.05) is 41.3 Å². The third kappa shape index (κ3) is 3.70. The van der Waals surface area contributed by atoms with Crippen LogP contribution in [-0.2, 0) is 9.59 Å². The van der Waals surface area contributed by atoms with Gasteiger partial charge in [-0.2, -0.15) is 0 Å². The van der Waals surface area contributed by atoms with Crippen molar-refractivity contribution in [3.8, 4) is 17.2 Å². The van der Waals surface area contributed by atoms with E-state index in [2.05, 4.69) is 33.0 Å². The summed E-state index contributed by atoms with van der Waals surface area (Å²) >= 11 is 0. The molecule has 172 valence electrons. The Morgan fingerprint density at radius 3 is 1.56 bits per heavy atom. The summed E-state index contributed by atoms with van der Waals surface area (Å²) in [6.45, 7) is 8.46. The van der Waals surface area contributed by atoms with E-state index in [4.69, 9.17) is 14.2 Å². The van der Waals surface area contributed by atoms with Crippen molar-refractivity contribution in [2.45, 2.75) is 59.3 Å². The summed E-state index contributed by atoms with van der Waals surface area (Å²) in [5.41, 5.74) is 3.82. The predicted octanol–water partition coefficient (Wildman–Crippen LogP) is 4.69. The molecule has 4 rings (SSSR count). The number of hydrogen-bond acceptors (Lipinski definition) is 6. The van der Waals surface area contributed by atoms with Gasteiger partial charge >= 0.3 is 0 Å². The van der Waals surface area contributed by atoms with E-state index >= 15 is 0 Å². The number of carbonyl (C=O) groups is 2. The van der Waals surface area contributed by atoms with Crippen LogP contribution in [0.4, 0.5) is 0 Å². The van der Waals surface area contributed by atoms with E-state index in [1.54, 1.807) is 21.3 Å². The number of dihydropyridines is 1. The van der Waals surface area contributed by atoms with Gasteiger partial charge in [-0.25, -0.2) is 0 Å². The van der Waals surface area contributed by atoms with Gasteiger partial charge in [-0.05, 0) is 41.4 Å². The second kappa shape index (κ2) is 7.68. The number of ketones is 2. The lowest BCUT2D eigenvalue weighted by atomic mass is 9.64. The molecule has 6 heteroatoms. The molecule has 0 amide bonds. The lowest BCUT2D eigenvalue weighted by Gasteiger charge is -2.44. The summed E-state index contributed by atoms with van der Waals surface area (Å²) in [6, 6.07) is 3.74. The number of benzene rings is 1. The zero-order chi connectivity index (χ0) is 23.4. The fourth-order valence-corrected chi connectivity index (χ4v) is 5.49. The molecule has 1 aromatic rings. The number of allylic oxidation sites excluding steroid dienone is 4. The van der Waals surface area contributed by atoms with Crippen LogP contribution in [-0.4, -0.2) is 32.9 Å². The van der Waals surface area contributed by atoms with Gasteiger partial charge in [-0.15, -0.1) is 0 Å². The smallest absolute Gasteiger partial charge is 0.203 e. The minimum Gasteiger partial charge on any atom is -0.493 e. The molecule has 0 aromatic heterocycles. The molecule has 2 aliphatic carbocycles. The van der Waals surface area contributed by atoms with E-state index in [0.29, 0.717) is 41.2 Å². The molecule has 0 spiro atoms. The van der Waals surface area contributed by atoms with Gasteiger partial charge in [0.25, 0.3) is 0 Å². The summed E-state index contributed by atoms with van der Waals surface area (Å²) < 4.78 is 16.6. The Hall–Kier alpha value is -2.76. The minimum absolute atomic E-state index is 0.0895. The van der Waals surface area contributed by atoms with E-state index in [9.17, 15) is 9.59 Å². The number of rotatable bonds is 4. The molecule has 1 N–H and O–H groups in total. The summed E-state index contributed by atoms with van der Waals surface area (Å²) in [4.78, 5) is 26.9. The molecule has 1 aliphatic heterocycles. The van der Waals surface area contributed by atoms with Crippen molar-refractivity contribution >= 4 is 11.6 Å². The lowest BCUT2D eigenvalue weighted by Crippen LogP contribution is -2.42. The fourth-order valence-electron chi connectivity index (χ4n) is 5.49. The first-order chi connectivity index (χ1) is 15.0. The Balaban J connectivity index is 1.97. The van der Waals surface area contributed by atoms with Gasteiger partial charge in [-0.3, -0.25) is 9.59 Å². The highest BCUT2D eigenvalue weighted by Gasteiger charge is 2.46. The average Bonchev–Trinajstić information content (AvgIpc) is 2.69. The highest BCUT2D eigenvalue weighted by atomic mass is 16.5. The summed E-state index contributed by atoms with van der Waals surface area (Å²) in [5, 5.41) is 3.54. The Kier molecular flexibility index (Phi) is 5.38. The molecule has 0 saturated carbocycles. The fraction of sp³-hybridized carbons (Fsp3) is 0.538. The topological polar surface area (TPSA) is 73.9 Å². The third-order valence-electron chi connectivity index (χ3n) is 6.74. The van der Waals surface area contributed by atoms with Gasteiger partial charge < -0.3 is 19.5 Å². The van der Waals surface area contributed by atoms with Crippen LogP contribution < -0.4 is 19.5 Å². The second-order valence-corrected chi connectivity index (χ2v) is 10.7. The van der Waals surface area contributed by atoms with Gasteiger partial charge in [-0.1, -0.05) is 27.7 Å². The SMILES string of the molecule is COc1cc(C2C3=C(CC(C)(C)CC3=O)NC3=C2C(=O)CC(C)(C)C3)cc(OC)c1OC. The number of methoxy groups -OCH3 is 3. The molecule has 0 fully saturated rings. The maximum Gasteiger partial charge on any atom is 0.203 e. The highest BCUT2D eigenvalue weighted by Crippen LogP contribution is 2.52. The van der Waals surface area contributed by atoms with Crippen LogP contribution in [0.1, 0.15) is 64.9 Å². The Bertz CT molecular complexity index is 983. The van der Waals surface area contributed by atoms with Crippen LogP contribution in [0.3, 0.4) is 0 Å². The van der Waals surface area contributed by atoms with Gasteiger partial charge in [0.15, 0.2) is 23.1 Å². The predicted molar refractivity (Wildman–Crippen MR) is 122 cm³/mol. The minimum atomic E-state index is -0.442. The number of Topliss-reactive ketones (excluding diaryl/α,β-unsaturated/α-hetero) is 2. The molecule has 1 heterocycles. The maximum absolute atomic E-state index is 13.4. The normalized spacial score (nSPS) is 22.2. The van der Waals surface area contributed by atoms with Crippen molar-refractivity contribution in [3.63, 3.8) is 0 Å². The monoisotopic (exact) mass is 439 g/mol. The third-order valence-corrected chi connectivity index (χ3v) is 6.74. The van der Waals surface area contributed by atoms with Crippen LogP contribution in [0.15, 0.2) is 34.7 Å². The lowest BCUT2D eigenvalue weighted by molar-refractivity contribution is -0.119. The molecule has 0 radical (unpaired) electrons. The van der Waals surface area contributed by atoms with Crippen molar-refractivity contribution < 1.29 is 23.8 Å². The summed E-state index contributed by atoms with van der Waals surface area (Å²) in [6.07, 6.45) is 2.44. The zero-order valence-corrected chi connectivity index (χ0v) is 20.1. The first-order valence-corrected chi connectivity index (χ1v) is 11.1. The van der Waals surface area contributed by atoms with Crippen LogP contribution in [0.2, 0.25) is 0 Å². The molecular weight excluding hydrogens is 406 g/mol. The number of nitrogens with one attached hydrogen (secondary N) is 1. The molecule has 32 heavy (non-hydrogen) atoms. The Labute approximate surface area is 190 Å². The van der Waals surface area contributed by atoms with Crippen molar-refractivity contribution in [1.82, 2.24) is 5.32 Å². The molecule has 3 aliphatic rings. The van der Waals surface area contributed by atoms with Crippen molar-refractivity contribution in [2.75, 3.05) is 21.3 Å². The van der Waals surface area contributed by atoms with Gasteiger partial charge in [0.2, 0.25) is 5.75 Å². The largest absolute Gasteiger partial charge is 0.493 e. The highest BCUT2D eigenvalue weighted by molar-refractivity contribution is 6.06. The first kappa shape index (κ1) is 22.4. The summed E-state index contributed by atoms with van der Waals surface area (Å²) in [5.74, 6) is 1.25. The van der Waals surface area contributed by atoms with Crippen LogP contribution >= 0.6 is 0 Å².